The van der Waals surface area contributed by atoms with Crippen molar-refractivity contribution in [2.45, 2.75) is 31.7 Å². The second kappa shape index (κ2) is 5.83. The summed E-state index contributed by atoms with van der Waals surface area (Å²) in [6, 6.07) is 0.800. The summed E-state index contributed by atoms with van der Waals surface area (Å²) in [5.74, 6) is 0.874. The van der Waals surface area contributed by atoms with E-state index >= 15 is 0 Å². The maximum absolute atomic E-state index is 5.52. The van der Waals surface area contributed by atoms with Gasteiger partial charge in [-0.2, -0.15) is 0 Å². The summed E-state index contributed by atoms with van der Waals surface area (Å²) in [5, 5.41) is 3.29. The van der Waals surface area contributed by atoms with Gasteiger partial charge in [0.2, 0.25) is 0 Å². The van der Waals surface area contributed by atoms with Crippen LogP contribution in [0.25, 0.3) is 0 Å². The number of rotatable bonds is 3. The summed E-state index contributed by atoms with van der Waals surface area (Å²) in [6.07, 6.45) is 5.20. The van der Waals surface area contributed by atoms with Gasteiger partial charge in [-0.25, -0.2) is 0 Å². The number of hydrogen-bond acceptors (Lipinski definition) is 3. The van der Waals surface area contributed by atoms with Crippen molar-refractivity contribution in [3.05, 3.63) is 0 Å². The zero-order chi connectivity index (χ0) is 10.5. The Bertz CT molecular complexity index is 178. The molecule has 3 nitrogen and oxygen atoms in total. The van der Waals surface area contributed by atoms with E-state index < -0.39 is 0 Å². The SMILES string of the molecule is CNCC1CCN(C2CCCOCC2)C1. The molecule has 2 rings (SSSR count). The third kappa shape index (κ3) is 3.16. The van der Waals surface area contributed by atoms with Crippen molar-refractivity contribution in [3.63, 3.8) is 0 Å². The van der Waals surface area contributed by atoms with E-state index in [-0.39, 0.29) is 0 Å². The number of hydrogen-bond donors (Lipinski definition) is 1. The van der Waals surface area contributed by atoms with Crippen molar-refractivity contribution in [2.75, 3.05) is 39.9 Å². The number of likely N-dealkylation sites (tertiary alicyclic amines) is 1. The molecule has 1 N–H and O–H groups in total. The van der Waals surface area contributed by atoms with E-state index in [1.54, 1.807) is 0 Å². The van der Waals surface area contributed by atoms with E-state index in [2.05, 4.69) is 17.3 Å². The molecule has 0 saturated carbocycles. The van der Waals surface area contributed by atoms with Gasteiger partial charge in [-0.15, -0.1) is 0 Å². The molecule has 88 valence electrons. The molecule has 0 spiro atoms. The van der Waals surface area contributed by atoms with Crippen LogP contribution in [0, 0.1) is 5.92 Å². The monoisotopic (exact) mass is 212 g/mol. The second-order valence-corrected chi connectivity index (χ2v) is 4.90. The Morgan fingerprint density at radius 3 is 3.07 bits per heavy atom. The van der Waals surface area contributed by atoms with E-state index in [0.717, 1.165) is 25.2 Å². The Labute approximate surface area is 93.2 Å². The molecule has 0 aromatic rings. The minimum atomic E-state index is 0.800. The lowest BCUT2D eigenvalue weighted by atomic mass is 10.1. The molecule has 0 radical (unpaired) electrons. The highest BCUT2D eigenvalue weighted by molar-refractivity contribution is 4.83. The fraction of sp³-hybridized carbons (Fsp3) is 1.00. The molecule has 0 aliphatic carbocycles. The molecule has 0 amide bonds. The van der Waals surface area contributed by atoms with Gasteiger partial charge >= 0.3 is 0 Å². The lowest BCUT2D eigenvalue weighted by Crippen LogP contribution is -2.34. The highest BCUT2D eigenvalue weighted by Crippen LogP contribution is 2.23. The first-order chi connectivity index (χ1) is 7.40. The summed E-state index contributed by atoms with van der Waals surface area (Å²) in [7, 11) is 2.06. The van der Waals surface area contributed by atoms with Crippen LogP contribution in [-0.2, 0) is 4.74 Å². The first-order valence-corrected chi connectivity index (χ1v) is 6.36. The first kappa shape index (κ1) is 11.4. The van der Waals surface area contributed by atoms with Gasteiger partial charge in [-0.05, 0) is 51.7 Å². The molecule has 3 heteroatoms. The molecule has 2 fully saturated rings. The predicted octanol–water partition coefficient (Wildman–Crippen LogP) is 1.10. The summed E-state index contributed by atoms with van der Waals surface area (Å²) < 4.78 is 5.52. The van der Waals surface area contributed by atoms with Crippen LogP contribution in [0.15, 0.2) is 0 Å². The van der Waals surface area contributed by atoms with Gasteiger partial charge < -0.3 is 10.1 Å². The van der Waals surface area contributed by atoms with Crippen molar-refractivity contribution in [2.24, 2.45) is 5.92 Å². The molecule has 2 aliphatic heterocycles. The quantitative estimate of drug-likeness (QED) is 0.758. The van der Waals surface area contributed by atoms with Crippen molar-refractivity contribution < 1.29 is 4.74 Å². The minimum absolute atomic E-state index is 0.800. The Morgan fingerprint density at radius 1 is 1.27 bits per heavy atom. The molecule has 0 aromatic heterocycles. The maximum Gasteiger partial charge on any atom is 0.0480 e. The van der Waals surface area contributed by atoms with Crippen molar-refractivity contribution >= 4 is 0 Å². The number of nitrogens with one attached hydrogen (secondary N) is 1. The van der Waals surface area contributed by atoms with Crippen LogP contribution in [0.1, 0.15) is 25.7 Å². The molecule has 2 atom stereocenters. The summed E-state index contributed by atoms with van der Waals surface area (Å²) in [5.41, 5.74) is 0. The fourth-order valence-electron chi connectivity index (χ4n) is 2.90. The smallest absolute Gasteiger partial charge is 0.0480 e. The topological polar surface area (TPSA) is 24.5 Å². The molecule has 2 unspecified atom stereocenters. The highest BCUT2D eigenvalue weighted by atomic mass is 16.5. The Balaban J connectivity index is 1.78. The molecular formula is C12H24N2O. The van der Waals surface area contributed by atoms with E-state index in [4.69, 9.17) is 4.74 Å². The normalized spacial score (nSPS) is 34.2. The molecular weight excluding hydrogens is 188 g/mol. The molecule has 2 saturated heterocycles. The van der Waals surface area contributed by atoms with E-state index in [0.29, 0.717) is 0 Å². The average Bonchev–Trinajstić information content (AvgIpc) is 2.53. The van der Waals surface area contributed by atoms with Crippen molar-refractivity contribution in [1.82, 2.24) is 10.2 Å². The third-order valence-electron chi connectivity index (χ3n) is 3.75. The van der Waals surface area contributed by atoms with Crippen LogP contribution >= 0.6 is 0 Å². The summed E-state index contributed by atoms with van der Waals surface area (Å²) >= 11 is 0. The highest BCUT2D eigenvalue weighted by Gasteiger charge is 2.27. The van der Waals surface area contributed by atoms with Crippen LogP contribution in [0.4, 0.5) is 0 Å². The Kier molecular flexibility index (Phi) is 4.42. The molecule has 0 bridgehead atoms. The lowest BCUT2D eigenvalue weighted by Gasteiger charge is -2.26. The summed E-state index contributed by atoms with van der Waals surface area (Å²) in [6.45, 7) is 5.73. The van der Waals surface area contributed by atoms with Gasteiger partial charge in [0, 0.05) is 25.8 Å². The number of nitrogens with zero attached hydrogens (tertiary/aromatic N) is 1. The van der Waals surface area contributed by atoms with Crippen LogP contribution in [0.2, 0.25) is 0 Å². The van der Waals surface area contributed by atoms with Gasteiger partial charge in [0.25, 0.3) is 0 Å². The van der Waals surface area contributed by atoms with Gasteiger partial charge in [0.15, 0.2) is 0 Å². The third-order valence-corrected chi connectivity index (χ3v) is 3.75. The lowest BCUT2D eigenvalue weighted by molar-refractivity contribution is 0.134. The standard InChI is InChI=1S/C12H24N2O/c1-13-9-11-4-6-14(10-11)12-3-2-7-15-8-5-12/h11-13H,2-10H2,1H3. The van der Waals surface area contributed by atoms with Crippen LogP contribution in [-0.4, -0.2) is 50.8 Å². The fourth-order valence-corrected chi connectivity index (χ4v) is 2.90. The van der Waals surface area contributed by atoms with Crippen molar-refractivity contribution in [3.8, 4) is 0 Å². The largest absolute Gasteiger partial charge is 0.381 e. The zero-order valence-electron chi connectivity index (χ0n) is 9.87. The van der Waals surface area contributed by atoms with Gasteiger partial charge in [0.05, 0.1) is 0 Å². The van der Waals surface area contributed by atoms with Gasteiger partial charge in [-0.1, -0.05) is 0 Å². The Hall–Kier alpha value is -0.120. The Morgan fingerprint density at radius 2 is 2.20 bits per heavy atom. The van der Waals surface area contributed by atoms with Gasteiger partial charge in [0.1, 0.15) is 0 Å². The van der Waals surface area contributed by atoms with E-state index in [1.807, 2.05) is 0 Å². The second-order valence-electron chi connectivity index (χ2n) is 4.90. The molecule has 2 aliphatic rings. The van der Waals surface area contributed by atoms with Crippen LogP contribution < -0.4 is 5.32 Å². The van der Waals surface area contributed by atoms with E-state index in [1.165, 1.54) is 45.3 Å². The average molecular weight is 212 g/mol. The summed E-state index contributed by atoms with van der Waals surface area (Å²) in [4.78, 5) is 2.69. The molecule has 15 heavy (non-hydrogen) atoms. The maximum atomic E-state index is 5.52. The predicted molar refractivity (Wildman–Crippen MR) is 62.1 cm³/mol. The molecule has 0 aromatic carbocycles. The molecule has 2 heterocycles. The van der Waals surface area contributed by atoms with E-state index in [9.17, 15) is 0 Å². The van der Waals surface area contributed by atoms with Crippen molar-refractivity contribution in [1.29, 1.82) is 0 Å². The first-order valence-electron chi connectivity index (χ1n) is 6.36. The minimum Gasteiger partial charge on any atom is -0.381 e. The zero-order valence-corrected chi connectivity index (χ0v) is 9.87. The van der Waals surface area contributed by atoms with Crippen LogP contribution in [0.3, 0.4) is 0 Å². The van der Waals surface area contributed by atoms with Gasteiger partial charge in [-0.3, -0.25) is 4.90 Å². The van der Waals surface area contributed by atoms with Crippen LogP contribution in [0.5, 0.6) is 0 Å². The number of ether oxygens (including phenoxy) is 1.